The van der Waals surface area contributed by atoms with Crippen LogP contribution in [-0.4, -0.2) is 17.1 Å². The summed E-state index contributed by atoms with van der Waals surface area (Å²) in [4.78, 5) is 24.4. The van der Waals surface area contributed by atoms with Crippen molar-refractivity contribution in [2.75, 3.05) is 5.32 Å². The number of hydrogen-bond donors (Lipinski definition) is 2. The van der Waals surface area contributed by atoms with E-state index in [4.69, 9.17) is 5.73 Å². The molecule has 1 atom stereocenters. The van der Waals surface area contributed by atoms with Crippen molar-refractivity contribution in [3.63, 3.8) is 0 Å². The highest BCUT2D eigenvalue weighted by molar-refractivity contribution is 8.00. The fourth-order valence-electron chi connectivity index (χ4n) is 2.01. The largest absolute Gasteiger partial charge is 0.366 e. The Morgan fingerprint density at radius 1 is 1.04 bits per heavy atom. The van der Waals surface area contributed by atoms with Gasteiger partial charge in [-0.3, -0.25) is 9.59 Å². The van der Waals surface area contributed by atoms with Gasteiger partial charge in [-0.05, 0) is 68.3 Å². The minimum atomic E-state index is -0.485. The lowest BCUT2D eigenvalue weighted by atomic mass is 10.1. The summed E-state index contributed by atoms with van der Waals surface area (Å²) in [5.41, 5.74) is 8.71. The molecular formula is C18H20N2O2S. The van der Waals surface area contributed by atoms with Crippen LogP contribution in [0.5, 0.6) is 0 Å². The van der Waals surface area contributed by atoms with Crippen LogP contribution in [0.15, 0.2) is 47.4 Å². The average molecular weight is 328 g/mol. The monoisotopic (exact) mass is 328 g/mol. The van der Waals surface area contributed by atoms with Gasteiger partial charge >= 0.3 is 0 Å². The van der Waals surface area contributed by atoms with E-state index in [0.717, 1.165) is 4.90 Å². The molecule has 0 fully saturated rings. The Labute approximate surface area is 140 Å². The van der Waals surface area contributed by atoms with Gasteiger partial charge in [0.25, 0.3) is 0 Å². The van der Waals surface area contributed by atoms with E-state index in [0.29, 0.717) is 11.3 Å². The maximum atomic E-state index is 12.3. The number of benzene rings is 2. The van der Waals surface area contributed by atoms with Crippen LogP contribution in [0.25, 0.3) is 0 Å². The number of thioether (sulfide) groups is 1. The van der Waals surface area contributed by atoms with Gasteiger partial charge in [-0.2, -0.15) is 0 Å². The third-order valence-corrected chi connectivity index (χ3v) is 4.69. The second kappa shape index (κ2) is 7.33. The molecule has 2 rings (SSSR count). The van der Waals surface area contributed by atoms with Crippen molar-refractivity contribution in [3.05, 3.63) is 59.2 Å². The highest BCUT2D eigenvalue weighted by Gasteiger charge is 2.15. The second-order valence-electron chi connectivity index (χ2n) is 5.44. The van der Waals surface area contributed by atoms with Gasteiger partial charge in [0.2, 0.25) is 11.8 Å². The van der Waals surface area contributed by atoms with E-state index in [9.17, 15) is 9.59 Å². The summed E-state index contributed by atoms with van der Waals surface area (Å²) >= 11 is 1.52. The molecule has 0 heterocycles. The number of nitrogens with one attached hydrogen (secondary N) is 1. The normalized spacial score (nSPS) is 11.8. The fraction of sp³-hybridized carbons (Fsp3) is 0.222. The Balaban J connectivity index is 1.99. The lowest BCUT2D eigenvalue weighted by Crippen LogP contribution is -2.22. The Morgan fingerprint density at radius 3 is 2.26 bits per heavy atom. The average Bonchev–Trinajstić information content (AvgIpc) is 2.51. The molecule has 0 aromatic heterocycles. The lowest BCUT2D eigenvalue weighted by Gasteiger charge is -2.13. The zero-order valence-corrected chi connectivity index (χ0v) is 14.2. The maximum absolute atomic E-state index is 12.3. The van der Waals surface area contributed by atoms with E-state index in [1.165, 1.54) is 22.9 Å². The van der Waals surface area contributed by atoms with E-state index in [-0.39, 0.29) is 11.2 Å². The van der Waals surface area contributed by atoms with E-state index in [1.54, 1.807) is 24.3 Å². The first kappa shape index (κ1) is 17.1. The van der Waals surface area contributed by atoms with Crippen molar-refractivity contribution in [1.82, 2.24) is 0 Å². The summed E-state index contributed by atoms with van der Waals surface area (Å²) in [7, 11) is 0. The van der Waals surface area contributed by atoms with E-state index in [1.807, 2.05) is 13.0 Å². The van der Waals surface area contributed by atoms with E-state index < -0.39 is 5.91 Å². The highest BCUT2D eigenvalue weighted by Crippen LogP contribution is 2.26. The van der Waals surface area contributed by atoms with Crippen molar-refractivity contribution >= 4 is 29.3 Å². The molecule has 2 aromatic rings. The number of carbonyl (C=O) groups is 2. The smallest absolute Gasteiger partial charge is 0.248 e. The first-order valence-corrected chi connectivity index (χ1v) is 8.19. The summed E-state index contributed by atoms with van der Waals surface area (Å²) in [6.45, 7) is 5.99. The van der Waals surface area contributed by atoms with E-state index >= 15 is 0 Å². The van der Waals surface area contributed by atoms with Crippen molar-refractivity contribution in [3.8, 4) is 0 Å². The highest BCUT2D eigenvalue weighted by atomic mass is 32.2. The Kier molecular flexibility index (Phi) is 5.45. The third kappa shape index (κ3) is 4.60. The van der Waals surface area contributed by atoms with Gasteiger partial charge < -0.3 is 11.1 Å². The number of carbonyl (C=O) groups excluding carboxylic acids is 2. The SMILES string of the molecule is Cc1ccc(S[C@H](C)C(=O)Nc2ccc(C(N)=O)cc2)cc1C. The van der Waals surface area contributed by atoms with Gasteiger partial charge in [-0.15, -0.1) is 11.8 Å². The number of primary amides is 1. The van der Waals surface area contributed by atoms with Crippen LogP contribution >= 0.6 is 11.8 Å². The van der Waals surface area contributed by atoms with Gasteiger partial charge in [0.15, 0.2) is 0 Å². The summed E-state index contributed by atoms with van der Waals surface area (Å²) in [5.74, 6) is -0.568. The number of nitrogens with two attached hydrogens (primary N) is 1. The topological polar surface area (TPSA) is 72.2 Å². The molecule has 0 bridgehead atoms. The van der Waals surface area contributed by atoms with Crippen LogP contribution in [-0.2, 0) is 4.79 Å². The second-order valence-corrected chi connectivity index (χ2v) is 6.85. The predicted octanol–water partition coefficient (Wildman–Crippen LogP) is 3.52. The molecule has 2 amide bonds. The molecule has 0 spiro atoms. The number of rotatable bonds is 5. The molecule has 23 heavy (non-hydrogen) atoms. The maximum Gasteiger partial charge on any atom is 0.248 e. The minimum absolute atomic E-state index is 0.0833. The summed E-state index contributed by atoms with van der Waals surface area (Å²) < 4.78 is 0. The number of hydrogen-bond acceptors (Lipinski definition) is 3. The molecule has 120 valence electrons. The van der Waals surface area contributed by atoms with Crippen molar-refractivity contribution in [1.29, 1.82) is 0 Å². The third-order valence-electron chi connectivity index (χ3n) is 3.60. The van der Waals surface area contributed by atoms with Crippen LogP contribution < -0.4 is 11.1 Å². The molecule has 0 aliphatic carbocycles. The van der Waals surface area contributed by atoms with Crippen LogP contribution in [0, 0.1) is 13.8 Å². The Morgan fingerprint density at radius 2 is 1.70 bits per heavy atom. The van der Waals surface area contributed by atoms with Crippen LogP contribution in [0.4, 0.5) is 5.69 Å². The zero-order valence-electron chi connectivity index (χ0n) is 13.4. The molecule has 0 unspecified atom stereocenters. The molecule has 0 radical (unpaired) electrons. The summed E-state index contributed by atoms with van der Waals surface area (Å²) in [5, 5.41) is 2.61. The molecule has 3 N–H and O–H groups in total. The predicted molar refractivity (Wildman–Crippen MR) is 94.8 cm³/mol. The summed E-state index contributed by atoms with van der Waals surface area (Å²) in [6.07, 6.45) is 0. The number of amides is 2. The molecule has 5 heteroatoms. The number of aryl methyl sites for hydroxylation is 2. The molecule has 0 saturated carbocycles. The standard InChI is InChI=1S/C18H20N2O2S/c1-11-4-9-16(10-12(11)2)23-13(3)18(22)20-15-7-5-14(6-8-15)17(19)21/h4-10,13H,1-3H3,(H2,19,21)(H,20,22)/t13-/m1/s1. The quantitative estimate of drug-likeness (QED) is 0.825. The fourth-order valence-corrected chi connectivity index (χ4v) is 2.97. The Hall–Kier alpha value is -2.27. The molecular weight excluding hydrogens is 308 g/mol. The summed E-state index contributed by atoms with van der Waals surface area (Å²) in [6, 6.07) is 12.7. The lowest BCUT2D eigenvalue weighted by molar-refractivity contribution is -0.115. The molecule has 2 aromatic carbocycles. The first-order valence-electron chi connectivity index (χ1n) is 7.31. The first-order chi connectivity index (χ1) is 10.9. The van der Waals surface area contributed by atoms with Crippen molar-refractivity contribution in [2.24, 2.45) is 5.73 Å². The van der Waals surface area contributed by atoms with Crippen LogP contribution in [0.2, 0.25) is 0 Å². The van der Waals surface area contributed by atoms with Crippen LogP contribution in [0.1, 0.15) is 28.4 Å². The Bertz CT molecular complexity index is 726. The van der Waals surface area contributed by atoms with Gasteiger partial charge in [-0.1, -0.05) is 6.07 Å². The molecule has 4 nitrogen and oxygen atoms in total. The van der Waals surface area contributed by atoms with Gasteiger partial charge in [0.1, 0.15) is 0 Å². The molecule has 0 aliphatic heterocycles. The minimum Gasteiger partial charge on any atom is -0.366 e. The van der Waals surface area contributed by atoms with Crippen molar-refractivity contribution in [2.45, 2.75) is 30.9 Å². The van der Waals surface area contributed by atoms with Gasteiger partial charge in [0.05, 0.1) is 5.25 Å². The van der Waals surface area contributed by atoms with Crippen LogP contribution in [0.3, 0.4) is 0 Å². The van der Waals surface area contributed by atoms with Gasteiger partial charge in [0, 0.05) is 16.1 Å². The zero-order chi connectivity index (χ0) is 17.0. The molecule has 0 aliphatic rings. The number of anilines is 1. The van der Waals surface area contributed by atoms with Crippen molar-refractivity contribution < 1.29 is 9.59 Å². The van der Waals surface area contributed by atoms with Gasteiger partial charge in [-0.25, -0.2) is 0 Å². The molecule has 0 saturated heterocycles. The van der Waals surface area contributed by atoms with E-state index in [2.05, 4.69) is 31.3 Å².